The maximum atomic E-state index is 6.06. The fourth-order valence-corrected chi connectivity index (χ4v) is 2.12. The van der Waals surface area contributed by atoms with Crippen molar-refractivity contribution in [2.75, 3.05) is 13.2 Å². The van der Waals surface area contributed by atoms with Gasteiger partial charge in [0.15, 0.2) is 0 Å². The van der Waals surface area contributed by atoms with E-state index >= 15 is 0 Å². The van der Waals surface area contributed by atoms with Crippen LogP contribution in [0.3, 0.4) is 0 Å². The Morgan fingerprint density at radius 3 is 2.82 bits per heavy atom. The predicted octanol–water partition coefficient (Wildman–Crippen LogP) is 3.50. The Balaban J connectivity index is 1.84. The van der Waals surface area contributed by atoms with Crippen LogP contribution in [0.5, 0.6) is 5.75 Å². The highest BCUT2D eigenvalue weighted by Gasteiger charge is 2.31. The lowest BCUT2D eigenvalue weighted by molar-refractivity contribution is 0.249. The molecule has 0 saturated heterocycles. The van der Waals surface area contributed by atoms with E-state index in [1.807, 2.05) is 24.3 Å². The monoisotopic (exact) mass is 253 g/mol. The molecule has 1 N–H and O–H groups in total. The smallest absolute Gasteiger partial charge is 0.137 e. The van der Waals surface area contributed by atoms with Crippen LogP contribution in [0.15, 0.2) is 24.3 Å². The Labute approximate surface area is 108 Å². The fraction of sp³-hybridized carbons (Fsp3) is 0.571. The van der Waals surface area contributed by atoms with Crippen molar-refractivity contribution in [3.05, 3.63) is 29.3 Å². The lowest BCUT2D eigenvalue weighted by Crippen LogP contribution is -2.37. The third-order valence-corrected chi connectivity index (χ3v) is 3.41. The lowest BCUT2D eigenvalue weighted by atomic mass is 10.2. The zero-order valence-corrected chi connectivity index (χ0v) is 11.0. The molecule has 0 spiro atoms. The maximum absolute atomic E-state index is 6.06. The van der Waals surface area contributed by atoms with Gasteiger partial charge in [-0.3, -0.25) is 0 Å². The first-order chi connectivity index (χ1) is 8.31. The minimum absolute atomic E-state index is 0.478. The Bertz CT molecular complexity index is 352. The Morgan fingerprint density at radius 2 is 2.18 bits per heavy atom. The number of nitrogens with one attached hydrogen (secondary N) is 1. The molecule has 1 atom stereocenters. The molecule has 1 unspecified atom stereocenters. The number of hydrogen-bond acceptors (Lipinski definition) is 2. The number of para-hydroxylation sites is 1. The van der Waals surface area contributed by atoms with E-state index in [0.29, 0.717) is 17.7 Å². The van der Waals surface area contributed by atoms with Gasteiger partial charge in [0.2, 0.25) is 0 Å². The molecule has 1 saturated carbocycles. The summed E-state index contributed by atoms with van der Waals surface area (Å²) in [5.41, 5.74) is 0. The van der Waals surface area contributed by atoms with E-state index in [0.717, 1.165) is 24.6 Å². The number of rotatable bonds is 7. The number of halogens is 1. The van der Waals surface area contributed by atoms with Gasteiger partial charge in [0, 0.05) is 6.04 Å². The molecule has 1 aliphatic carbocycles. The third kappa shape index (κ3) is 3.90. The van der Waals surface area contributed by atoms with Crippen LogP contribution in [0.1, 0.15) is 26.2 Å². The molecule has 0 amide bonds. The van der Waals surface area contributed by atoms with Crippen molar-refractivity contribution >= 4 is 11.6 Å². The van der Waals surface area contributed by atoms with Gasteiger partial charge < -0.3 is 10.1 Å². The first kappa shape index (κ1) is 12.7. The van der Waals surface area contributed by atoms with Crippen molar-refractivity contribution in [3.63, 3.8) is 0 Å². The number of benzene rings is 1. The Hall–Kier alpha value is -0.730. The Kier molecular flexibility index (Phi) is 4.69. The van der Waals surface area contributed by atoms with E-state index in [9.17, 15) is 0 Å². The van der Waals surface area contributed by atoms with E-state index < -0.39 is 0 Å². The molecule has 2 nitrogen and oxygen atoms in total. The van der Waals surface area contributed by atoms with E-state index in [1.54, 1.807) is 0 Å². The van der Waals surface area contributed by atoms with Crippen LogP contribution in [-0.4, -0.2) is 19.2 Å². The van der Waals surface area contributed by atoms with Gasteiger partial charge in [-0.2, -0.15) is 0 Å². The molecule has 1 aromatic rings. The second kappa shape index (κ2) is 6.27. The third-order valence-electron chi connectivity index (χ3n) is 3.10. The number of ether oxygens (including phenoxy) is 1. The maximum Gasteiger partial charge on any atom is 0.137 e. The van der Waals surface area contributed by atoms with Crippen LogP contribution < -0.4 is 10.1 Å². The topological polar surface area (TPSA) is 21.3 Å². The Morgan fingerprint density at radius 1 is 1.41 bits per heavy atom. The van der Waals surface area contributed by atoms with Gasteiger partial charge in [-0.15, -0.1) is 0 Å². The first-order valence-corrected chi connectivity index (χ1v) is 6.79. The van der Waals surface area contributed by atoms with Crippen LogP contribution in [-0.2, 0) is 0 Å². The molecule has 94 valence electrons. The SMILES string of the molecule is CCCNC(COc1ccccc1Cl)C1CC1. The van der Waals surface area contributed by atoms with E-state index in [2.05, 4.69) is 12.2 Å². The van der Waals surface area contributed by atoms with E-state index in [1.165, 1.54) is 12.8 Å². The van der Waals surface area contributed by atoms with Crippen LogP contribution in [0, 0.1) is 5.92 Å². The summed E-state index contributed by atoms with van der Waals surface area (Å²) in [7, 11) is 0. The highest BCUT2D eigenvalue weighted by Crippen LogP contribution is 2.33. The minimum atomic E-state index is 0.478. The van der Waals surface area contributed by atoms with E-state index in [4.69, 9.17) is 16.3 Å². The lowest BCUT2D eigenvalue weighted by Gasteiger charge is -2.19. The average Bonchev–Trinajstić information content (AvgIpc) is 3.15. The molecule has 2 rings (SSSR count). The van der Waals surface area contributed by atoms with Gasteiger partial charge >= 0.3 is 0 Å². The zero-order valence-electron chi connectivity index (χ0n) is 10.3. The summed E-state index contributed by atoms with van der Waals surface area (Å²) in [6.45, 7) is 3.97. The normalized spacial score (nSPS) is 16.8. The summed E-state index contributed by atoms with van der Waals surface area (Å²) >= 11 is 6.06. The molecular weight excluding hydrogens is 234 g/mol. The van der Waals surface area contributed by atoms with Gasteiger partial charge in [-0.05, 0) is 43.9 Å². The first-order valence-electron chi connectivity index (χ1n) is 6.42. The summed E-state index contributed by atoms with van der Waals surface area (Å²) in [6, 6.07) is 8.14. The molecule has 17 heavy (non-hydrogen) atoms. The molecule has 1 aromatic carbocycles. The van der Waals surface area contributed by atoms with Crippen LogP contribution in [0.4, 0.5) is 0 Å². The summed E-state index contributed by atoms with van der Waals surface area (Å²) in [5.74, 6) is 1.59. The van der Waals surface area contributed by atoms with Crippen molar-refractivity contribution in [1.82, 2.24) is 5.32 Å². The van der Waals surface area contributed by atoms with Gasteiger partial charge in [0.25, 0.3) is 0 Å². The molecule has 0 radical (unpaired) electrons. The van der Waals surface area contributed by atoms with E-state index in [-0.39, 0.29) is 0 Å². The summed E-state index contributed by atoms with van der Waals surface area (Å²) in [5, 5.41) is 4.25. The second-order valence-electron chi connectivity index (χ2n) is 4.64. The van der Waals surface area contributed by atoms with Gasteiger partial charge in [-0.1, -0.05) is 30.7 Å². The van der Waals surface area contributed by atoms with Crippen molar-refractivity contribution < 1.29 is 4.74 Å². The summed E-state index contributed by atoms with van der Waals surface area (Å²) in [6.07, 6.45) is 3.82. The van der Waals surface area contributed by atoms with Crippen LogP contribution in [0.2, 0.25) is 5.02 Å². The molecule has 0 bridgehead atoms. The predicted molar refractivity (Wildman–Crippen MR) is 71.8 cm³/mol. The standard InChI is InChI=1S/C14H20ClNO/c1-2-9-16-13(11-7-8-11)10-17-14-6-4-3-5-12(14)15/h3-6,11,13,16H,2,7-10H2,1H3. The van der Waals surface area contributed by atoms with Crippen molar-refractivity contribution in [3.8, 4) is 5.75 Å². The quantitative estimate of drug-likeness (QED) is 0.803. The molecule has 1 aliphatic rings. The molecule has 1 fully saturated rings. The highest BCUT2D eigenvalue weighted by atomic mass is 35.5. The van der Waals surface area contributed by atoms with Crippen molar-refractivity contribution in [2.45, 2.75) is 32.2 Å². The van der Waals surface area contributed by atoms with Crippen LogP contribution in [0.25, 0.3) is 0 Å². The molecule has 0 aromatic heterocycles. The van der Waals surface area contributed by atoms with Gasteiger partial charge in [0.05, 0.1) is 5.02 Å². The van der Waals surface area contributed by atoms with Crippen molar-refractivity contribution in [1.29, 1.82) is 0 Å². The summed E-state index contributed by atoms with van der Waals surface area (Å²) in [4.78, 5) is 0. The molecule has 0 heterocycles. The minimum Gasteiger partial charge on any atom is -0.490 e. The molecule has 0 aliphatic heterocycles. The zero-order chi connectivity index (χ0) is 12.1. The molecule has 3 heteroatoms. The highest BCUT2D eigenvalue weighted by molar-refractivity contribution is 6.32. The molecular formula is C14H20ClNO. The fourth-order valence-electron chi connectivity index (χ4n) is 1.93. The largest absolute Gasteiger partial charge is 0.490 e. The average molecular weight is 254 g/mol. The van der Waals surface area contributed by atoms with Crippen molar-refractivity contribution in [2.24, 2.45) is 5.92 Å². The number of hydrogen-bond donors (Lipinski definition) is 1. The van der Waals surface area contributed by atoms with Gasteiger partial charge in [0.1, 0.15) is 12.4 Å². The van der Waals surface area contributed by atoms with Gasteiger partial charge in [-0.25, -0.2) is 0 Å². The summed E-state index contributed by atoms with van der Waals surface area (Å²) < 4.78 is 5.80. The second-order valence-corrected chi connectivity index (χ2v) is 5.05. The van der Waals surface area contributed by atoms with Crippen LogP contribution >= 0.6 is 11.6 Å².